The highest BCUT2D eigenvalue weighted by atomic mass is 16.6. The minimum absolute atomic E-state index is 0.332. The number of rotatable bonds is 5. The van der Waals surface area contributed by atoms with Gasteiger partial charge in [-0.25, -0.2) is 4.79 Å². The third-order valence-corrected chi connectivity index (χ3v) is 3.65. The van der Waals surface area contributed by atoms with Crippen LogP contribution in [-0.2, 0) is 11.3 Å². The van der Waals surface area contributed by atoms with E-state index in [1.165, 1.54) is 0 Å². The van der Waals surface area contributed by atoms with Crippen LogP contribution in [0.2, 0.25) is 0 Å². The van der Waals surface area contributed by atoms with E-state index in [1.54, 1.807) is 14.2 Å². The molecule has 0 bridgehead atoms. The van der Waals surface area contributed by atoms with Gasteiger partial charge in [0.25, 0.3) is 0 Å². The fourth-order valence-corrected chi connectivity index (χ4v) is 2.48. The first-order valence-corrected chi connectivity index (χ1v) is 8.31. The van der Waals surface area contributed by atoms with E-state index in [2.05, 4.69) is 5.32 Å². The molecule has 2 aromatic rings. The molecule has 0 aromatic heterocycles. The molecule has 6 nitrogen and oxygen atoms in total. The molecule has 0 saturated heterocycles. The van der Waals surface area contributed by atoms with Gasteiger partial charge in [-0.1, -0.05) is 12.1 Å². The van der Waals surface area contributed by atoms with Crippen LogP contribution in [0.3, 0.4) is 0 Å². The summed E-state index contributed by atoms with van der Waals surface area (Å²) < 4.78 is 15.9. The maximum absolute atomic E-state index is 11.8. The van der Waals surface area contributed by atoms with Crippen LogP contribution in [0.5, 0.6) is 11.5 Å². The first-order valence-electron chi connectivity index (χ1n) is 8.31. The zero-order chi connectivity index (χ0) is 19.3. The normalized spacial score (nSPS) is 11.0. The number of nitrogens with two attached hydrogens (primary N) is 1. The fourth-order valence-electron chi connectivity index (χ4n) is 2.48. The summed E-state index contributed by atoms with van der Waals surface area (Å²) in [7, 11) is 3.21. The van der Waals surface area contributed by atoms with Gasteiger partial charge in [0.05, 0.1) is 14.2 Å². The average molecular weight is 358 g/mol. The first kappa shape index (κ1) is 19.4. The Hall–Kier alpha value is -2.89. The van der Waals surface area contributed by atoms with Gasteiger partial charge in [-0.3, -0.25) is 0 Å². The van der Waals surface area contributed by atoms with E-state index in [0.29, 0.717) is 23.7 Å². The van der Waals surface area contributed by atoms with Crippen molar-refractivity contribution >= 4 is 11.8 Å². The number of benzene rings is 2. The topological polar surface area (TPSA) is 82.8 Å². The molecule has 0 fully saturated rings. The van der Waals surface area contributed by atoms with Crippen molar-refractivity contribution in [1.82, 2.24) is 5.32 Å². The predicted octanol–water partition coefficient (Wildman–Crippen LogP) is 3.98. The summed E-state index contributed by atoms with van der Waals surface area (Å²) >= 11 is 0. The molecule has 0 heterocycles. The second kappa shape index (κ2) is 7.99. The largest absolute Gasteiger partial charge is 0.497 e. The summed E-state index contributed by atoms with van der Waals surface area (Å²) in [6, 6.07) is 11.2. The van der Waals surface area contributed by atoms with Gasteiger partial charge in [0.2, 0.25) is 0 Å². The van der Waals surface area contributed by atoms with E-state index >= 15 is 0 Å². The van der Waals surface area contributed by atoms with E-state index in [1.807, 2.05) is 57.2 Å². The number of carbonyl (C=O) groups is 1. The molecule has 6 heteroatoms. The Labute approximate surface area is 154 Å². The number of alkyl carbamates (subject to hydrolysis) is 1. The quantitative estimate of drug-likeness (QED) is 0.790. The van der Waals surface area contributed by atoms with Gasteiger partial charge in [-0.05, 0) is 44.5 Å². The molecule has 140 valence electrons. The summed E-state index contributed by atoms with van der Waals surface area (Å²) in [5.74, 6) is 1.39. The Morgan fingerprint density at radius 2 is 1.73 bits per heavy atom. The molecule has 2 rings (SSSR count). The zero-order valence-corrected chi connectivity index (χ0v) is 15.9. The summed E-state index contributed by atoms with van der Waals surface area (Å²) in [4.78, 5) is 11.8. The van der Waals surface area contributed by atoms with Crippen LogP contribution in [0, 0.1) is 0 Å². The third-order valence-electron chi connectivity index (χ3n) is 3.65. The molecule has 0 aliphatic carbocycles. The van der Waals surface area contributed by atoms with Gasteiger partial charge in [0.1, 0.15) is 17.1 Å². The Morgan fingerprint density at radius 1 is 1.04 bits per heavy atom. The monoisotopic (exact) mass is 358 g/mol. The maximum Gasteiger partial charge on any atom is 0.407 e. The number of amides is 1. The fraction of sp³-hybridized carbons (Fsp3) is 0.350. The number of hydrogen-bond donors (Lipinski definition) is 2. The molecule has 0 aliphatic rings. The minimum atomic E-state index is -0.530. The van der Waals surface area contributed by atoms with Crippen molar-refractivity contribution in [3.05, 3.63) is 42.0 Å². The predicted molar refractivity (Wildman–Crippen MR) is 102 cm³/mol. The lowest BCUT2D eigenvalue weighted by Crippen LogP contribution is -2.32. The van der Waals surface area contributed by atoms with E-state index in [0.717, 1.165) is 16.7 Å². The average Bonchev–Trinajstić information content (AvgIpc) is 2.58. The molecule has 1 amide bonds. The Balaban J connectivity index is 2.16. The number of ether oxygens (including phenoxy) is 3. The molecule has 0 atom stereocenters. The Kier molecular flexibility index (Phi) is 5.97. The molecule has 0 unspecified atom stereocenters. The molecule has 2 aromatic carbocycles. The van der Waals surface area contributed by atoms with Crippen molar-refractivity contribution in [2.45, 2.75) is 32.9 Å². The van der Waals surface area contributed by atoms with E-state index in [-0.39, 0.29) is 0 Å². The highest BCUT2D eigenvalue weighted by molar-refractivity contribution is 5.81. The van der Waals surface area contributed by atoms with Crippen LogP contribution < -0.4 is 20.5 Å². The molecule has 26 heavy (non-hydrogen) atoms. The molecular formula is C20H26N2O4. The van der Waals surface area contributed by atoms with Gasteiger partial charge in [0.15, 0.2) is 0 Å². The third kappa shape index (κ3) is 5.05. The van der Waals surface area contributed by atoms with E-state index in [4.69, 9.17) is 19.9 Å². The first-order chi connectivity index (χ1) is 12.2. The lowest BCUT2D eigenvalue weighted by molar-refractivity contribution is 0.0523. The molecule has 0 saturated carbocycles. The molecule has 3 N–H and O–H groups in total. The van der Waals surface area contributed by atoms with Crippen LogP contribution in [-0.4, -0.2) is 25.9 Å². The smallest absolute Gasteiger partial charge is 0.407 e. The standard InChI is InChI=1S/C20H26N2O4/c1-20(2,3)26-19(23)22-12-13-6-8-15(17(21)10-13)16-9-7-14(24-4)11-18(16)25-5/h6-11H,12,21H2,1-5H3,(H,22,23). The van der Waals surface area contributed by atoms with Gasteiger partial charge in [0, 0.05) is 29.4 Å². The molecular weight excluding hydrogens is 332 g/mol. The van der Waals surface area contributed by atoms with Crippen molar-refractivity contribution < 1.29 is 19.0 Å². The lowest BCUT2D eigenvalue weighted by atomic mass is 10.0. The van der Waals surface area contributed by atoms with Crippen LogP contribution in [0.4, 0.5) is 10.5 Å². The number of carbonyl (C=O) groups excluding carboxylic acids is 1. The van der Waals surface area contributed by atoms with Gasteiger partial charge in [-0.2, -0.15) is 0 Å². The molecule has 0 spiro atoms. The molecule has 0 aliphatic heterocycles. The van der Waals surface area contributed by atoms with Gasteiger partial charge < -0.3 is 25.3 Å². The van der Waals surface area contributed by atoms with Gasteiger partial charge in [-0.15, -0.1) is 0 Å². The van der Waals surface area contributed by atoms with Gasteiger partial charge >= 0.3 is 6.09 Å². The minimum Gasteiger partial charge on any atom is -0.497 e. The summed E-state index contributed by atoms with van der Waals surface area (Å²) in [5, 5.41) is 2.72. The number of hydrogen-bond acceptors (Lipinski definition) is 5. The number of nitrogens with one attached hydrogen (secondary N) is 1. The van der Waals surface area contributed by atoms with Crippen LogP contribution in [0.25, 0.3) is 11.1 Å². The van der Waals surface area contributed by atoms with Crippen LogP contribution in [0.1, 0.15) is 26.3 Å². The second-order valence-electron chi connectivity index (χ2n) is 6.84. The van der Waals surface area contributed by atoms with Crippen molar-refractivity contribution in [2.24, 2.45) is 0 Å². The second-order valence-corrected chi connectivity index (χ2v) is 6.84. The summed E-state index contributed by atoms with van der Waals surface area (Å²) in [6.45, 7) is 5.80. The Bertz CT molecular complexity index is 782. The van der Waals surface area contributed by atoms with E-state index < -0.39 is 11.7 Å². The highest BCUT2D eigenvalue weighted by Gasteiger charge is 2.16. The lowest BCUT2D eigenvalue weighted by Gasteiger charge is -2.19. The zero-order valence-electron chi connectivity index (χ0n) is 15.9. The van der Waals surface area contributed by atoms with Crippen molar-refractivity contribution in [2.75, 3.05) is 20.0 Å². The Morgan fingerprint density at radius 3 is 2.31 bits per heavy atom. The maximum atomic E-state index is 11.8. The number of anilines is 1. The highest BCUT2D eigenvalue weighted by Crippen LogP contribution is 2.36. The summed E-state index contributed by atoms with van der Waals surface area (Å²) in [5.41, 5.74) is 8.89. The van der Waals surface area contributed by atoms with Crippen LogP contribution in [0.15, 0.2) is 36.4 Å². The number of methoxy groups -OCH3 is 2. The SMILES string of the molecule is COc1ccc(-c2ccc(CNC(=O)OC(C)(C)C)cc2N)c(OC)c1. The van der Waals surface area contributed by atoms with Crippen molar-refractivity contribution in [3.8, 4) is 22.6 Å². The van der Waals surface area contributed by atoms with Crippen LogP contribution >= 0.6 is 0 Å². The molecule has 0 radical (unpaired) electrons. The van der Waals surface area contributed by atoms with E-state index in [9.17, 15) is 4.79 Å². The summed E-state index contributed by atoms with van der Waals surface area (Å²) in [6.07, 6.45) is -0.461. The van der Waals surface area contributed by atoms with Crippen molar-refractivity contribution in [1.29, 1.82) is 0 Å². The van der Waals surface area contributed by atoms with Crippen molar-refractivity contribution in [3.63, 3.8) is 0 Å². The number of nitrogen functional groups attached to an aromatic ring is 1.